The first-order chi connectivity index (χ1) is 10.2. The van der Waals surface area contributed by atoms with E-state index in [0.717, 1.165) is 25.9 Å². The highest BCUT2D eigenvalue weighted by Gasteiger charge is 2.16. The van der Waals surface area contributed by atoms with Crippen LogP contribution in [0.1, 0.15) is 36.2 Å². The molecule has 1 amide bonds. The summed E-state index contributed by atoms with van der Waals surface area (Å²) in [4.78, 5) is 33.2. The van der Waals surface area contributed by atoms with E-state index in [2.05, 4.69) is 20.0 Å². The average Bonchev–Trinajstić information content (AvgIpc) is 2.55. The van der Waals surface area contributed by atoms with Crippen LogP contribution in [0.2, 0.25) is 0 Å². The van der Waals surface area contributed by atoms with E-state index in [1.165, 1.54) is 25.9 Å². The quantitative estimate of drug-likeness (QED) is 0.817. The molecule has 1 fully saturated rings. The summed E-state index contributed by atoms with van der Waals surface area (Å²) in [5, 5.41) is 3.01. The fourth-order valence-corrected chi connectivity index (χ4v) is 2.25. The first kappa shape index (κ1) is 15.2. The minimum Gasteiger partial charge on any atom is -0.464 e. The van der Waals surface area contributed by atoms with Gasteiger partial charge in [-0.3, -0.25) is 9.78 Å². The predicted octanol–water partition coefficient (Wildman–Crippen LogP) is 1.08. The van der Waals surface area contributed by atoms with Crippen molar-refractivity contribution in [1.82, 2.24) is 14.9 Å². The Labute approximate surface area is 123 Å². The standard InChI is InChI=1S/C14H20N4O3/c1-21-14(20)11-9-15-10-12(17-11)16-6-5-13(19)18-7-3-2-4-8-18/h9-10H,2-8H2,1H3,(H,16,17). The molecule has 0 unspecified atom stereocenters. The smallest absolute Gasteiger partial charge is 0.358 e. The van der Waals surface area contributed by atoms with Crippen LogP contribution in [-0.4, -0.2) is 53.5 Å². The van der Waals surface area contributed by atoms with E-state index >= 15 is 0 Å². The first-order valence-electron chi connectivity index (χ1n) is 7.12. The number of nitrogens with zero attached hydrogens (tertiary/aromatic N) is 3. The van der Waals surface area contributed by atoms with E-state index in [1.54, 1.807) is 0 Å². The Morgan fingerprint density at radius 3 is 2.76 bits per heavy atom. The molecule has 0 radical (unpaired) electrons. The Hall–Kier alpha value is -2.18. The SMILES string of the molecule is COC(=O)c1cncc(NCCC(=O)N2CCCCC2)n1. The molecule has 0 spiro atoms. The van der Waals surface area contributed by atoms with E-state index in [1.807, 2.05) is 4.90 Å². The van der Waals surface area contributed by atoms with Crippen LogP contribution in [0.25, 0.3) is 0 Å². The Morgan fingerprint density at radius 1 is 1.29 bits per heavy atom. The van der Waals surface area contributed by atoms with Crippen LogP contribution >= 0.6 is 0 Å². The Kier molecular flexibility index (Phi) is 5.48. The minimum atomic E-state index is -0.532. The van der Waals surface area contributed by atoms with Crippen molar-refractivity contribution < 1.29 is 14.3 Å². The number of amides is 1. The number of aromatic nitrogens is 2. The summed E-state index contributed by atoms with van der Waals surface area (Å²) in [5.74, 6) is 0.0826. The molecule has 0 aliphatic carbocycles. The molecule has 7 heteroatoms. The Balaban J connectivity index is 1.80. The van der Waals surface area contributed by atoms with Crippen molar-refractivity contribution in [3.8, 4) is 0 Å². The van der Waals surface area contributed by atoms with Crippen LogP contribution in [0, 0.1) is 0 Å². The number of ether oxygens (including phenoxy) is 1. The third kappa shape index (κ3) is 4.40. The van der Waals surface area contributed by atoms with Crippen LogP contribution in [0.3, 0.4) is 0 Å². The van der Waals surface area contributed by atoms with Crippen molar-refractivity contribution >= 4 is 17.7 Å². The maximum absolute atomic E-state index is 12.0. The van der Waals surface area contributed by atoms with E-state index in [4.69, 9.17) is 0 Å². The number of carbonyl (C=O) groups excluding carboxylic acids is 2. The highest BCUT2D eigenvalue weighted by Crippen LogP contribution is 2.10. The van der Waals surface area contributed by atoms with E-state index in [0.29, 0.717) is 18.8 Å². The number of hydrogen-bond acceptors (Lipinski definition) is 6. The third-order valence-electron chi connectivity index (χ3n) is 3.38. The van der Waals surface area contributed by atoms with Gasteiger partial charge in [-0.25, -0.2) is 9.78 Å². The number of piperidine rings is 1. The number of likely N-dealkylation sites (tertiary alicyclic amines) is 1. The van der Waals surface area contributed by atoms with Gasteiger partial charge in [0.15, 0.2) is 5.69 Å². The van der Waals surface area contributed by atoms with Gasteiger partial charge in [0.05, 0.1) is 19.5 Å². The second-order valence-electron chi connectivity index (χ2n) is 4.90. The molecule has 1 aromatic heterocycles. The topological polar surface area (TPSA) is 84.4 Å². The average molecular weight is 292 g/mol. The molecule has 1 aliphatic heterocycles. The Morgan fingerprint density at radius 2 is 2.05 bits per heavy atom. The molecular formula is C14H20N4O3. The van der Waals surface area contributed by atoms with Gasteiger partial charge in [0.1, 0.15) is 5.82 Å². The third-order valence-corrected chi connectivity index (χ3v) is 3.38. The maximum Gasteiger partial charge on any atom is 0.358 e. The monoisotopic (exact) mass is 292 g/mol. The summed E-state index contributed by atoms with van der Waals surface area (Å²) in [6, 6.07) is 0. The zero-order valence-electron chi connectivity index (χ0n) is 12.2. The molecule has 1 aromatic rings. The summed E-state index contributed by atoms with van der Waals surface area (Å²) < 4.78 is 4.58. The molecule has 2 rings (SSSR count). The van der Waals surface area contributed by atoms with Crippen molar-refractivity contribution in [2.75, 3.05) is 32.1 Å². The van der Waals surface area contributed by atoms with E-state index in [9.17, 15) is 9.59 Å². The minimum absolute atomic E-state index is 0.143. The number of hydrogen-bond donors (Lipinski definition) is 1. The van der Waals surface area contributed by atoms with Gasteiger partial charge < -0.3 is 15.0 Å². The fourth-order valence-electron chi connectivity index (χ4n) is 2.25. The van der Waals surface area contributed by atoms with Crippen LogP contribution in [0.15, 0.2) is 12.4 Å². The number of methoxy groups -OCH3 is 1. The lowest BCUT2D eigenvalue weighted by Gasteiger charge is -2.26. The highest BCUT2D eigenvalue weighted by molar-refractivity contribution is 5.87. The van der Waals surface area contributed by atoms with Gasteiger partial charge in [-0.1, -0.05) is 0 Å². The van der Waals surface area contributed by atoms with Crippen LogP contribution < -0.4 is 5.32 Å². The Bertz CT molecular complexity index is 501. The molecule has 114 valence electrons. The zero-order valence-corrected chi connectivity index (χ0v) is 12.2. The molecule has 1 aliphatic rings. The van der Waals surface area contributed by atoms with Crippen molar-refractivity contribution in [3.63, 3.8) is 0 Å². The lowest BCUT2D eigenvalue weighted by atomic mass is 10.1. The lowest BCUT2D eigenvalue weighted by molar-refractivity contribution is -0.131. The summed E-state index contributed by atoms with van der Waals surface area (Å²) in [5.41, 5.74) is 0.143. The summed E-state index contributed by atoms with van der Waals surface area (Å²) >= 11 is 0. The van der Waals surface area contributed by atoms with Crippen LogP contribution in [0.4, 0.5) is 5.82 Å². The fraction of sp³-hybridized carbons (Fsp3) is 0.571. The van der Waals surface area contributed by atoms with Crippen molar-refractivity contribution in [3.05, 3.63) is 18.1 Å². The normalized spacial score (nSPS) is 14.6. The van der Waals surface area contributed by atoms with Gasteiger partial charge in [-0.2, -0.15) is 0 Å². The second-order valence-corrected chi connectivity index (χ2v) is 4.90. The number of carbonyl (C=O) groups is 2. The molecule has 2 heterocycles. The molecule has 0 saturated carbocycles. The van der Waals surface area contributed by atoms with Crippen molar-refractivity contribution in [1.29, 1.82) is 0 Å². The molecule has 7 nitrogen and oxygen atoms in total. The zero-order chi connectivity index (χ0) is 15.1. The molecule has 1 saturated heterocycles. The van der Waals surface area contributed by atoms with Gasteiger partial charge in [-0.05, 0) is 19.3 Å². The number of rotatable bonds is 5. The molecule has 21 heavy (non-hydrogen) atoms. The van der Waals surface area contributed by atoms with Gasteiger partial charge in [0.25, 0.3) is 0 Å². The van der Waals surface area contributed by atoms with E-state index in [-0.39, 0.29) is 11.6 Å². The van der Waals surface area contributed by atoms with E-state index < -0.39 is 5.97 Å². The second kappa shape index (κ2) is 7.56. The van der Waals surface area contributed by atoms with Gasteiger partial charge in [-0.15, -0.1) is 0 Å². The summed E-state index contributed by atoms with van der Waals surface area (Å²) in [7, 11) is 1.29. The first-order valence-corrected chi connectivity index (χ1v) is 7.12. The largest absolute Gasteiger partial charge is 0.464 e. The summed E-state index contributed by atoms with van der Waals surface area (Å²) in [6.45, 7) is 2.18. The van der Waals surface area contributed by atoms with Crippen LogP contribution in [-0.2, 0) is 9.53 Å². The van der Waals surface area contributed by atoms with Gasteiger partial charge in [0.2, 0.25) is 5.91 Å². The maximum atomic E-state index is 12.0. The van der Waals surface area contributed by atoms with Gasteiger partial charge >= 0.3 is 5.97 Å². The molecule has 0 bridgehead atoms. The predicted molar refractivity (Wildman–Crippen MR) is 76.9 cm³/mol. The number of esters is 1. The van der Waals surface area contributed by atoms with Crippen molar-refractivity contribution in [2.45, 2.75) is 25.7 Å². The molecular weight excluding hydrogens is 272 g/mol. The highest BCUT2D eigenvalue weighted by atomic mass is 16.5. The summed E-state index contributed by atoms with van der Waals surface area (Å²) in [6.07, 6.45) is 6.65. The lowest BCUT2D eigenvalue weighted by Crippen LogP contribution is -2.36. The number of nitrogens with one attached hydrogen (secondary N) is 1. The molecule has 1 N–H and O–H groups in total. The van der Waals surface area contributed by atoms with Gasteiger partial charge in [0, 0.05) is 26.1 Å². The van der Waals surface area contributed by atoms with Crippen LogP contribution in [0.5, 0.6) is 0 Å². The number of anilines is 1. The molecule has 0 atom stereocenters. The molecule has 0 aromatic carbocycles. The van der Waals surface area contributed by atoms with Crippen molar-refractivity contribution in [2.24, 2.45) is 0 Å².